The van der Waals surface area contributed by atoms with Crippen molar-refractivity contribution in [2.75, 3.05) is 37.8 Å². The average molecular weight is 1130 g/mol. The van der Waals surface area contributed by atoms with Crippen LogP contribution in [0, 0.1) is 43.5 Å². The lowest BCUT2D eigenvalue weighted by atomic mass is 9.97. The van der Waals surface area contributed by atoms with Crippen LogP contribution in [0.2, 0.25) is 0 Å². The summed E-state index contributed by atoms with van der Waals surface area (Å²) in [5.41, 5.74) is -1.63. The number of halogens is 4. The van der Waals surface area contributed by atoms with Crippen molar-refractivity contribution >= 4 is 64.2 Å². The van der Waals surface area contributed by atoms with Crippen LogP contribution in [0.1, 0.15) is 129 Å². The molecule has 0 spiro atoms. The summed E-state index contributed by atoms with van der Waals surface area (Å²) in [7, 11) is 3.48. The molecule has 2 aliphatic carbocycles. The van der Waals surface area contributed by atoms with E-state index in [-0.39, 0.29) is 39.2 Å². The van der Waals surface area contributed by atoms with Crippen LogP contribution < -0.4 is 16.0 Å². The summed E-state index contributed by atoms with van der Waals surface area (Å²) in [5, 5.41) is 47.3. The van der Waals surface area contributed by atoms with Gasteiger partial charge in [-0.3, -0.25) is 29.8 Å². The lowest BCUT2D eigenvalue weighted by Gasteiger charge is -2.24. The highest BCUT2D eigenvalue weighted by atomic mass is 32.2. The highest BCUT2D eigenvalue weighted by Gasteiger charge is 2.27. The Labute approximate surface area is 461 Å². The van der Waals surface area contributed by atoms with Crippen LogP contribution in [0.4, 0.5) is 45.1 Å². The maximum absolute atomic E-state index is 15.0. The van der Waals surface area contributed by atoms with Gasteiger partial charge in [-0.05, 0) is 156 Å². The molecule has 6 aromatic rings. The second-order valence-electron chi connectivity index (χ2n) is 20.0. The van der Waals surface area contributed by atoms with E-state index < -0.39 is 68.0 Å². The van der Waals surface area contributed by atoms with Gasteiger partial charge in [0.05, 0.1) is 21.0 Å². The van der Waals surface area contributed by atoms with Crippen LogP contribution in [0.3, 0.4) is 0 Å². The molecule has 2 saturated carbocycles. The lowest BCUT2D eigenvalue weighted by molar-refractivity contribution is -0.385. The quantitative estimate of drug-likeness (QED) is 0.0278. The Morgan fingerprint density at radius 1 is 0.684 bits per heavy atom. The third-order valence-electron chi connectivity index (χ3n) is 13.1. The topological polar surface area (TPSA) is 247 Å². The minimum atomic E-state index is -0.914. The Morgan fingerprint density at radius 3 is 1.47 bits per heavy atom. The fourth-order valence-corrected chi connectivity index (χ4v) is 10.9. The zero-order chi connectivity index (χ0) is 57.0. The molecule has 2 fully saturated rings. The van der Waals surface area contributed by atoms with Gasteiger partial charge in [0.2, 0.25) is 0 Å². The molecule has 3 amide bonds. The molecule has 79 heavy (non-hydrogen) atoms. The normalized spacial score (nSPS) is 13.7. The van der Waals surface area contributed by atoms with Crippen molar-refractivity contribution in [2.24, 2.45) is 0 Å². The number of carbonyl (C=O) groups excluding carboxylic acids is 3. The monoisotopic (exact) mass is 1130 g/mol. The van der Waals surface area contributed by atoms with Crippen molar-refractivity contribution in [1.82, 2.24) is 39.7 Å². The largest absolute Gasteiger partial charge is 0.444 e. The van der Waals surface area contributed by atoms with Crippen molar-refractivity contribution in [1.29, 1.82) is 0 Å². The van der Waals surface area contributed by atoms with Gasteiger partial charge in [0.15, 0.2) is 10.3 Å². The molecule has 2 aromatic heterocycles. The van der Waals surface area contributed by atoms with Gasteiger partial charge in [-0.1, -0.05) is 25.7 Å². The number of anilines is 2. The van der Waals surface area contributed by atoms with E-state index in [0.717, 1.165) is 100.0 Å². The first-order valence-electron chi connectivity index (χ1n) is 25.6. The first-order chi connectivity index (χ1) is 37.7. The standard InChI is InChI=1S/C29H34F2N6O5S.C24H26F2N6O3S/c1-29(2,3)42-28(39)35(4)12-7-13-36-17-32-34-27(36)43-24-11-10-20(37(40)41)16-21(24)26(38)33-25-22(30)14-19(15-23(25)31)18-8-5-6-9-18;1-27-9-4-10-31-14-28-30-24(31)36-21-8-7-17(32(34)35)13-18(21)23(33)29-22-19(25)11-16(12-20(22)26)15-5-2-3-6-15/h10-11,14-18H,5-9,12-13H2,1-4H3,(H,33,38);7-8,11-15,27H,2-6,9-10H2,1H3,(H,29,33). The van der Waals surface area contributed by atoms with Gasteiger partial charge < -0.3 is 34.7 Å². The van der Waals surface area contributed by atoms with Crippen LogP contribution >= 0.6 is 23.5 Å². The Morgan fingerprint density at radius 2 is 1.09 bits per heavy atom. The highest BCUT2D eigenvalue weighted by molar-refractivity contribution is 7.99. The second-order valence-corrected chi connectivity index (χ2v) is 22.0. The maximum atomic E-state index is 15.0. The summed E-state index contributed by atoms with van der Waals surface area (Å²) in [4.78, 5) is 62.3. The number of amides is 3. The van der Waals surface area contributed by atoms with E-state index >= 15 is 0 Å². The predicted octanol–water partition coefficient (Wildman–Crippen LogP) is 11.9. The number of hydrogen-bond acceptors (Lipinski definition) is 15. The minimum Gasteiger partial charge on any atom is -0.444 e. The number of carbonyl (C=O) groups is 3. The Kier molecular flexibility index (Phi) is 20.2. The lowest BCUT2D eigenvalue weighted by Crippen LogP contribution is -2.35. The molecule has 0 saturated heterocycles. The molecule has 20 nitrogen and oxygen atoms in total. The van der Waals surface area contributed by atoms with Crippen LogP contribution in [0.15, 0.2) is 93.4 Å². The molecule has 0 atom stereocenters. The van der Waals surface area contributed by atoms with Gasteiger partial charge in [-0.25, -0.2) is 22.4 Å². The fourth-order valence-electron chi connectivity index (χ4n) is 9.06. The van der Waals surface area contributed by atoms with Crippen molar-refractivity contribution in [2.45, 2.75) is 136 Å². The molecule has 0 radical (unpaired) electrons. The molecule has 0 aliphatic heterocycles. The number of ether oxygens (including phenoxy) is 1. The van der Waals surface area contributed by atoms with E-state index in [2.05, 4.69) is 36.3 Å². The summed E-state index contributed by atoms with van der Waals surface area (Å²) in [6.07, 6.45) is 11.4. The van der Waals surface area contributed by atoms with E-state index in [1.165, 1.54) is 59.8 Å². The average Bonchev–Trinajstić information content (AvgIpc) is 4.27. The number of nitrogens with one attached hydrogen (secondary N) is 3. The van der Waals surface area contributed by atoms with Crippen molar-refractivity contribution < 1.29 is 46.5 Å². The third kappa shape index (κ3) is 15.9. The number of aromatic nitrogens is 6. The predicted molar refractivity (Wildman–Crippen MR) is 288 cm³/mol. The number of hydrogen-bond donors (Lipinski definition) is 3. The zero-order valence-corrected chi connectivity index (χ0v) is 45.7. The number of benzene rings is 4. The van der Waals surface area contributed by atoms with Gasteiger partial charge in [-0.2, -0.15) is 0 Å². The molecule has 4 aromatic carbocycles. The number of nitro benzene ring substituents is 2. The summed E-state index contributed by atoms with van der Waals surface area (Å²) >= 11 is 2.11. The van der Waals surface area contributed by atoms with Gasteiger partial charge in [0, 0.05) is 60.7 Å². The minimum absolute atomic E-state index is 0.0728. The van der Waals surface area contributed by atoms with E-state index in [1.54, 1.807) is 43.3 Å². The van der Waals surface area contributed by atoms with E-state index in [4.69, 9.17) is 4.74 Å². The van der Waals surface area contributed by atoms with Crippen LogP contribution in [0.25, 0.3) is 0 Å². The highest BCUT2D eigenvalue weighted by Crippen LogP contribution is 2.39. The Bertz CT molecular complexity index is 3130. The summed E-state index contributed by atoms with van der Waals surface area (Å²) in [5.74, 6) is -5.19. The second kappa shape index (κ2) is 26.9. The van der Waals surface area contributed by atoms with Gasteiger partial charge in [0.1, 0.15) is 52.9 Å². The number of nitro groups is 2. The first kappa shape index (κ1) is 59.2. The fraction of sp³-hybridized carbons (Fsp3) is 0.415. The molecule has 26 heteroatoms. The number of aryl methyl sites for hydroxylation is 2. The first-order valence-corrected chi connectivity index (χ1v) is 27.2. The van der Waals surface area contributed by atoms with E-state index in [9.17, 15) is 52.2 Å². The molecule has 0 unspecified atom stereocenters. The molecule has 420 valence electrons. The van der Waals surface area contributed by atoms with Gasteiger partial charge in [0.25, 0.3) is 23.2 Å². The third-order valence-corrected chi connectivity index (χ3v) is 15.2. The molecule has 2 aliphatic rings. The van der Waals surface area contributed by atoms with Crippen LogP contribution in [0.5, 0.6) is 0 Å². The summed E-state index contributed by atoms with van der Waals surface area (Å²) in [6.45, 7) is 7.56. The van der Waals surface area contributed by atoms with Gasteiger partial charge in [-0.15, -0.1) is 20.4 Å². The number of nitrogens with zero attached hydrogens (tertiary/aromatic N) is 9. The summed E-state index contributed by atoms with van der Waals surface area (Å²) < 4.78 is 68.6. The number of non-ortho nitro benzene ring substituents is 2. The molecule has 2 heterocycles. The van der Waals surface area contributed by atoms with E-state index in [0.29, 0.717) is 52.4 Å². The van der Waals surface area contributed by atoms with Crippen molar-refractivity contribution in [3.8, 4) is 0 Å². The maximum Gasteiger partial charge on any atom is 0.410 e. The van der Waals surface area contributed by atoms with Crippen LogP contribution in [-0.4, -0.2) is 95.0 Å². The molecule has 0 bridgehead atoms. The Hall–Kier alpha value is -7.45. The van der Waals surface area contributed by atoms with E-state index in [1.807, 2.05) is 7.05 Å². The van der Waals surface area contributed by atoms with Crippen molar-refractivity contribution in [3.05, 3.63) is 139 Å². The van der Waals surface area contributed by atoms with Crippen LogP contribution in [-0.2, 0) is 17.8 Å². The van der Waals surface area contributed by atoms with Gasteiger partial charge >= 0.3 is 6.09 Å². The van der Waals surface area contributed by atoms with Crippen molar-refractivity contribution in [3.63, 3.8) is 0 Å². The number of rotatable bonds is 20. The molecular weight excluding hydrogens is 1070 g/mol. The Balaban J connectivity index is 0.000000232. The zero-order valence-electron chi connectivity index (χ0n) is 44.1. The molecule has 3 N–H and O–H groups in total. The smallest absolute Gasteiger partial charge is 0.410 e. The SMILES string of the molecule is CN(CCCn1cnnc1Sc1ccc([N+](=O)[O-])cc1C(=O)Nc1c(F)cc(C2CCCC2)cc1F)C(=O)OC(C)(C)C.CNCCCn1cnnc1Sc1ccc([N+](=O)[O-])cc1C(=O)Nc1c(F)cc(C2CCCC2)cc1F. The molecule has 8 rings (SSSR count). The summed E-state index contributed by atoms with van der Waals surface area (Å²) in [6, 6.07) is 12.4. The molecular formula is C53H60F4N12O8S2.